The zero-order valence-corrected chi connectivity index (χ0v) is 24.3. The lowest BCUT2D eigenvalue weighted by atomic mass is 10.0. The van der Waals surface area contributed by atoms with Crippen LogP contribution in [-0.4, -0.2) is 27.8 Å². The van der Waals surface area contributed by atoms with Gasteiger partial charge in [0.1, 0.15) is 11.6 Å². The first kappa shape index (κ1) is 28.7. The number of hydrogen-bond acceptors (Lipinski definition) is 5. The van der Waals surface area contributed by atoms with Gasteiger partial charge in [-0.25, -0.2) is 4.39 Å². The highest BCUT2D eigenvalue weighted by Gasteiger charge is 2.26. The van der Waals surface area contributed by atoms with Crippen molar-refractivity contribution in [2.24, 2.45) is 0 Å². The third kappa shape index (κ3) is 7.08. The fourth-order valence-electron chi connectivity index (χ4n) is 4.28. The van der Waals surface area contributed by atoms with Crippen molar-refractivity contribution in [1.82, 2.24) is 20.1 Å². The number of halogens is 3. The van der Waals surface area contributed by atoms with Crippen LogP contribution in [0.3, 0.4) is 0 Å². The number of carbonyl (C=O) groups is 1. The van der Waals surface area contributed by atoms with Gasteiger partial charge in [0.25, 0.3) is 5.91 Å². The van der Waals surface area contributed by atoms with Crippen LogP contribution in [0.4, 0.5) is 4.39 Å². The van der Waals surface area contributed by atoms with Crippen molar-refractivity contribution < 1.29 is 13.9 Å². The van der Waals surface area contributed by atoms with Crippen LogP contribution in [0.1, 0.15) is 33.4 Å². The maximum atomic E-state index is 13.5. The Morgan fingerprint density at radius 3 is 2.46 bits per heavy atom. The van der Waals surface area contributed by atoms with Crippen LogP contribution in [0.25, 0.3) is 5.69 Å². The van der Waals surface area contributed by atoms with Crippen molar-refractivity contribution in [2.75, 3.05) is 7.11 Å². The van der Waals surface area contributed by atoms with Crippen LogP contribution in [0.2, 0.25) is 10.0 Å². The van der Waals surface area contributed by atoms with E-state index in [1.54, 1.807) is 61.7 Å². The SMILES string of the molecule is COc1cccc(C(=O)NC(Cc2ccccc2)c2nnc(SCc3ccc(F)cc3)n2-c2ccc(Cl)cc2Cl)c1. The van der Waals surface area contributed by atoms with Crippen molar-refractivity contribution in [1.29, 1.82) is 0 Å². The standard InChI is InChI=1S/C31H25Cl2FN4O2S/c1-40-25-9-5-8-22(17-25)30(39)35-27(16-20-6-3-2-4-7-20)29-36-37-31(41-19-21-10-13-24(34)14-11-21)38(29)28-15-12-23(32)18-26(28)33/h2-15,17-18,27H,16,19H2,1H3,(H,35,39). The normalized spacial score (nSPS) is 11.7. The molecule has 41 heavy (non-hydrogen) atoms. The van der Waals surface area contributed by atoms with Gasteiger partial charge in [-0.3, -0.25) is 9.36 Å². The second kappa shape index (κ2) is 13.2. The average molecular weight is 608 g/mol. The number of benzene rings is 4. The minimum absolute atomic E-state index is 0.290. The predicted octanol–water partition coefficient (Wildman–Crippen LogP) is 7.73. The van der Waals surface area contributed by atoms with Gasteiger partial charge < -0.3 is 10.1 Å². The molecule has 1 amide bonds. The Morgan fingerprint density at radius 2 is 1.73 bits per heavy atom. The van der Waals surface area contributed by atoms with E-state index in [4.69, 9.17) is 27.9 Å². The molecule has 4 aromatic carbocycles. The zero-order chi connectivity index (χ0) is 28.8. The number of ether oxygens (including phenoxy) is 1. The fourth-order valence-corrected chi connectivity index (χ4v) is 5.68. The summed E-state index contributed by atoms with van der Waals surface area (Å²) in [7, 11) is 1.55. The second-order valence-corrected chi connectivity index (χ2v) is 10.9. The maximum absolute atomic E-state index is 13.5. The first-order valence-corrected chi connectivity index (χ1v) is 14.4. The molecule has 10 heteroatoms. The van der Waals surface area contributed by atoms with Crippen LogP contribution in [-0.2, 0) is 12.2 Å². The summed E-state index contributed by atoms with van der Waals surface area (Å²) >= 11 is 14.3. The molecule has 6 nitrogen and oxygen atoms in total. The minimum atomic E-state index is -0.574. The largest absolute Gasteiger partial charge is 0.497 e. The Labute approximate surface area is 251 Å². The third-order valence-electron chi connectivity index (χ3n) is 6.32. The van der Waals surface area contributed by atoms with Crippen LogP contribution in [0, 0.1) is 5.82 Å². The first-order valence-electron chi connectivity index (χ1n) is 12.7. The third-order valence-corrected chi connectivity index (χ3v) is 7.86. The summed E-state index contributed by atoms with van der Waals surface area (Å²) < 4.78 is 20.6. The summed E-state index contributed by atoms with van der Waals surface area (Å²) in [6.07, 6.45) is 0.447. The summed E-state index contributed by atoms with van der Waals surface area (Å²) in [5, 5.41) is 13.7. The highest BCUT2D eigenvalue weighted by molar-refractivity contribution is 7.98. The molecular formula is C31H25Cl2FN4O2S. The molecule has 208 valence electrons. The van der Waals surface area contributed by atoms with Crippen molar-refractivity contribution in [3.8, 4) is 11.4 Å². The van der Waals surface area contributed by atoms with Crippen molar-refractivity contribution in [3.05, 3.63) is 135 Å². The molecule has 1 unspecified atom stereocenters. The molecular weight excluding hydrogens is 582 g/mol. The Balaban J connectivity index is 1.56. The fraction of sp³-hybridized carbons (Fsp3) is 0.129. The van der Waals surface area contributed by atoms with Gasteiger partial charge in [0.2, 0.25) is 0 Å². The molecule has 0 saturated heterocycles. The molecule has 5 aromatic rings. The highest BCUT2D eigenvalue weighted by atomic mass is 35.5. The average Bonchev–Trinajstić information content (AvgIpc) is 3.40. The Morgan fingerprint density at radius 1 is 0.951 bits per heavy atom. The number of thioether (sulfide) groups is 1. The van der Waals surface area contributed by atoms with E-state index in [9.17, 15) is 9.18 Å². The molecule has 0 radical (unpaired) electrons. The van der Waals surface area contributed by atoms with Crippen molar-refractivity contribution in [3.63, 3.8) is 0 Å². The van der Waals surface area contributed by atoms with Crippen LogP contribution in [0.15, 0.2) is 102 Å². The van der Waals surface area contributed by atoms with E-state index in [-0.39, 0.29) is 11.7 Å². The van der Waals surface area contributed by atoms with E-state index >= 15 is 0 Å². The zero-order valence-electron chi connectivity index (χ0n) is 21.9. The number of carbonyl (C=O) groups excluding carboxylic acids is 1. The molecule has 0 bridgehead atoms. The van der Waals surface area contributed by atoms with Gasteiger partial charge in [-0.15, -0.1) is 10.2 Å². The summed E-state index contributed by atoms with van der Waals surface area (Å²) in [4.78, 5) is 13.5. The van der Waals surface area contributed by atoms with E-state index in [1.165, 1.54) is 23.9 Å². The molecule has 1 aromatic heterocycles. The summed E-state index contributed by atoms with van der Waals surface area (Å²) in [5.41, 5.74) is 2.98. The number of nitrogens with one attached hydrogen (secondary N) is 1. The van der Waals surface area contributed by atoms with E-state index in [2.05, 4.69) is 15.5 Å². The van der Waals surface area contributed by atoms with Gasteiger partial charge >= 0.3 is 0 Å². The highest BCUT2D eigenvalue weighted by Crippen LogP contribution is 2.33. The number of aromatic nitrogens is 3. The first-order chi connectivity index (χ1) is 19.9. The minimum Gasteiger partial charge on any atom is -0.497 e. The lowest BCUT2D eigenvalue weighted by molar-refractivity contribution is 0.0934. The van der Waals surface area contributed by atoms with Gasteiger partial charge in [0.05, 0.1) is 23.9 Å². The van der Waals surface area contributed by atoms with Gasteiger partial charge in [-0.05, 0) is 66.1 Å². The Kier molecular flexibility index (Phi) is 9.24. The number of rotatable bonds is 10. The lowest BCUT2D eigenvalue weighted by Crippen LogP contribution is -2.32. The van der Waals surface area contributed by atoms with Gasteiger partial charge in [-0.1, -0.05) is 83.5 Å². The van der Waals surface area contributed by atoms with Crippen LogP contribution >= 0.6 is 35.0 Å². The summed E-state index contributed by atoms with van der Waals surface area (Å²) in [6, 6.07) is 27.7. The molecule has 0 saturated carbocycles. The lowest BCUT2D eigenvalue weighted by Gasteiger charge is -2.21. The van der Waals surface area contributed by atoms with E-state index < -0.39 is 6.04 Å². The van der Waals surface area contributed by atoms with Crippen molar-refractivity contribution >= 4 is 40.9 Å². The number of nitrogens with zero attached hydrogens (tertiary/aromatic N) is 3. The molecule has 0 aliphatic heterocycles. The Bertz CT molecular complexity index is 1650. The number of methoxy groups -OCH3 is 1. The van der Waals surface area contributed by atoms with Gasteiger partial charge in [-0.2, -0.15) is 0 Å². The molecule has 1 atom stereocenters. The summed E-state index contributed by atoms with van der Waals surface area (Å²) in [6.45, 7) is 0. The molecule has 0 aliphatic rings. The number of amides is 1. The Hall–Kier alpha value is -3.85. The molecule has 0 fully saturated rings. The van der Waals surface area contributed by atoms with E-state index in [0.29, 0.717) is 50.2 Å². The summed E-state index contributed by atoms with van der Waals surface area (Å²) in [5.74, 6) is 1.00. The smallest absolute Gasteiger partial charge is 0.252 e. The molecule has 5 rings (SSSR count). The van der Waals surface area contributed by atoms with E-state index in [0.717, 1.165) is 11.1 Å². The van der Waals surface area contributed by atoms with Crippen LogP contribution < -0.4 is 10.1 Å². The second-order valence-electron chi connectivity index (χ2n) is 9.13. The predicted molar refractivity (Wildman–Crippen MR) is 161 cm³/mol. The molecule has 1 N–H and O–H groups in total. The molecule has 0 aliphatic carbocycles. The topological polar surface area (TPSA) is 69.0 Å². The monoisotopic (exact) mass is 606 g/mol. The van der Waals surface area contributed by atoms with Gasteiger partial charge in [0.15, 0.2) is 11.0 Å². The maximum Gasteiger partial charge on any atom is 0.252 e. The molecule has 1 heterocycles. The van der Waals surface area contributed by atoms with E-state index in [1.807, 2.05) is 34.9 Å². The molecule has 0 spiro atoms. The van der Waals surface area contributed by atoms with Gasteiger partial charge in [0, 0.05) is 16.3 Å². The number of hydrogen-bond donors (Lipinski definition) is 1. The quantitative estimate of drug-likeness (QED) is 0.165. The van der Waals surface area contributed by atoms with Crippen molar-refractivity contribution in [2.45, 2.75) is 23.4 Å². The van der Waals surface area contributed by atoms with Crippen LogP contribution in [0.5, 0.6) is 5.75 Å².